The quantitative estimate of drug-likeness (QED) is 0.417. The standard InChI is InChI=1S/C18H22INO4/c1-18-5-4-10-11(13(18)8-15(21)17(18)22)3-2-9-6-16(24-20-23)14(19)7-12(9)10/h6-7,10-11,13,15,17,21-22H,2-5,8H2,1H3/t10-,11+,13-,15+,17-,18-/m0/s1. The Balaban J connectivity index is 1.70. The average Bonchev–Trinajstić information content (AvgIpc) is 2.79. The zero-order valence-electron chi connectivity index (χ0n) is 13.6. The smallest absolute Gasteiger partial charge is 0.175 e. The number of benzene rings is 1. The summed E-state index contributed by atoms with van der Waals surface area (Å²) >= 11 is 2.19. The number of aliphatic hydroxyl groups is 2. The highest BCUT2D eigenvalue weighted by Crippen LogP contribution is 2.61. The van der Waals surface area contributed by atoms with Gasteiger partial charge in [-0.2, -0.15) is 0 Å². The Labute approximate surface area is 154 Å². The molecule has 3 aliphatic rings. The van der Waals surface area contributed by atoms with Gasteiger partial charge in [0.25, 0.3) is 0 Å². The Morgan fingerprint density at radius 1 is 1.33 bits per heavy atom. The van der Waals surface area contributed by atoms with Crippen LogP contribution in [0.1, 0.15) is 49.7 Å². The molecule has 130 valence electrons. The van der Waals surface area contributed by atoms with Crippen molar-refractivity contribution in [2.75, 3.05) is 0 Å². The first kappa shape index (κ1) is 16.7. The minimum absolute atomic E-state index is 0.157. The number of aryl methyl sites for hydroxylation is 1. The normalized spacial score (nSPS) is 40.4. The van der Waals surface area contributed by atoms with E-state index in [-0.39, 0.29) is 5.41 Å². The number of nitrogens with zero attached hydrogens (tertiary/aromatic N) is 1. The Hall–Kier alpha value is -0.730. The number of hydrogen-bond acceptors (Lipinski definition) is 5. The summed E-state index contributed by atoms with van der Waals surface area (Å²) in [5.74, 6) is 1.89. The van der Waals surface area contributed by atoms with Crippen LogP contribution in [-0.2, 0) is 6.42 Å². The fourth-order valence-corrected chi connectivity index (χ4v) is 6.26. The molecular weight excluding hydrogens is 421 g/mol. The highest BCUT2D eigenvalue weighted by atomic mass is 127. The van der Waals surface area contributed by atoms with E-state index < -0.39 is 12.2 Å². The van der Waals surface area contributed by atoms with Crippen LogP contribution < -0.4 is 4.84 Å². The molecule has 0 bridgehead atoms. The maximum Gasteiger partial charge on any atom is 0.175 e. The summed E-state index contributed by atoms with van der Waals surface area (Å²) in [4.78, 5) is 15.3. The summed E-state index contributed by atoms with van der Waals surface area (Å²) in [6, 6.07) is 4.10. The van der Waals surface area contributed by atoms with Crippen LogP contribution in [0.5, 0.6) is 5.75 Å². The lowest BCUT2D eigenvalue weighted by Gasteiger charge is -2.49. The van der Waals surface area contributed by atoms with Gasteiger partial charge in [0, 0.05) is 0 Å². The Morgan fingerprint density at radius 3 is 2.88 bits per heavy atom. The van der Waals surface area contributed by atoms with E-state index >= 15 is 0 Å². The van der Waals surface area contributed by atoms with Gasteiger partial charge in [0.05, 0.1) is 15.8 Å². The zero-order valence-corrected chi connectivity index (χ0v) is 15.8. The molecule has 0 spiro atoms. The van der Waals surface area contributed by atoms with Gasteiger partial charge >= 0.3 is 0 Å². The van der Waals surface area contributed by atoms with E-state index in [1.54, 1.807) is 0 Å². The lowest BCUT2D eigenvalue weighted by molar-refractivity contribution is -0.0505. The Kier molecular flexibility index (Phi) is 4.12. The van der Waals surface area contributed by atoms with Crippen LogP contribution in [0.3, 0.4) is 0 Å². The molecule has 5 nitrogen and oxygen atoms in total. The van der Waals surface area contributed by atoms with E-state index in [0.717, 1.165) is 29.3 Å². The van der Waals surface area contributed by atoms with Crippen LogP contribution in [0.15, 0.2) is 17.5 Å². The first-order valence-corrected chi connectivity index (χ1v) is 9.71. The first-order valence-electron chi connectivity index (χ1n) is 8.64. The summed E-state index contributed by atoms with van der Waals surface area (Å²) in [5, 5.41) is 23.2. The van der Waals surface area contributed by atoms with E-state index in [4.69, 9.17) is 4.84 Å². The third kappa shape index (κ3) is 2.33. The van der Waals surface area contributed by atoms with Gasteiger partial charge < -0.3 is 15.1 Å². The molecular formula is C18H22INO4. The predicted molar refractivity (Wildman–Crippen MR) is 97.6 cm³/mol. The lowest BCUT2D eigenvalue weighted by Crippen LogP contribution is -2.44. The molecule has 0 aliphatic heterocycles. The van der Waals surface area contributed by atoms with Crippen molar-refractivity contribution in [1.82, 2.24) is 0 Å². The molecule has 2 saturated carbocycles. The maximum atomic E-state index is 10.5. The van der Waals surface area contributed by atoms with Gasteiger partial charge in [-0.3, -0.25) is 0 Å². The van der Waals surface area contributed by atoms with Crippen molar-refractivity contribution in [3.63, 3.8) is 0 Å². The highest BCUT2D eigenvalue weighted by molar-refractivity contribution is 14.1. The van der Waals surface area contributed by atoms with Crippen molar-refractivity contribution in [2.45, 2.75) is 57.2 Å². The largest absolute Gasteiger partial charge is 0.390 e. The van der Waals surface area contributed by atoms with Gasteiger partial charge in [0.2, 0.25) is 0 Å². The number of aliphatic hydroxyl groups excluding tert-OH is 2. The van der Waals surface area contributed by atoms with Crippen LogP contribution in [0.2, 0.25) is 0 Å². The van der Waals surface area contributed by atoms with Crippen LogP contribution in [0.4, 0.5) is 0 Å². The maximum absolute atomic E-state index is 10.5. The second-order valence-corrected chi connectivity index (χ2v) is 9.02. The SMILES string of the molecule is C[C@]12CC[C@@H]3c4cc(I)c(ON=O)cc4CC[C@H]3[C@@H]1C[C@@H](O)[C@@H]2O. The fraction of sp³-hybridized carbons (Fsp3) is 0.667. The molecule has 0 unspecified atom stereocenters. The molecule has 1 aromatic rings. The van der Waals surface area contributed by atoms with E-state index in [0.29, 0.717) is 29.9 Å². The second-order valence-electron chi connectivity index (χ2n) is 7.86. The van der Waals surface area contributed by atoms with Crippen molar-refractivity contribution in [1.29, 1.82) is 0 Å². The summed E-state index contributed by atoms with van der Waals surface area (Å²) in [6.45, 7) is 2.15. The molecule has 6 atom stereocenters. The Bertz CT molecular complexity index is 681. The molecule has 6 heteroatoms. The molecule has 24 heavy (non-hydrogen) atoms. The predicted octanol–water partition coefficient (Wildman–Crippen LogP) is 3.54. The molecule has 2 N–H and O–H groups in total. The lowest BCUT2D eigenvalue weighted by atomic mass is 9.55. The van der Waals surface area contributed by atoms with Crippen molar-refractivity contribution in [3.8, 4) is 5.75 Å². The Morgan fingerprint density at radius 2 is 2.12 bits per heavy atom. The zero-order chi connectivity index (χ0) is 17.1. The second kappa shape index (κ2) is 5.92. The number of halogens is 1. The van der Waals surface area contributed by atoms with Crippen molar-refractivity contribution < 1.29 is 15.1 Å². The molecule has 0 aromatic heterocycles. The monoisotopic (exact) mass is 443 g/mol. The van der Waals surface area contributed by atoms with E-state index in [1.165, 1.54) is 11.1 Å². The van der Waals surface area contributed by atoms with Gasteiger partial charge in [-0.1, -0.05) is 6.92 Å². The van der Waals surface area contributed by atoms with Crippen molar-refractivity contribution in [3.05, 3.63) is 31.7 Å². The van der Waals surface area contributed by atoms with Crippen LogP contribution >= 0.6 is 22.6 Å². The van der Waals surface area contributed by atoms with Gasteiger partial charge in [-0.05, 0) is 101 Å². The van der Waals surface area contributed by atoms with Gasteiger partial charge in [0.1, 0.15) is 0 Å². The summed E-state index contributed by atoms with van der Waals surface area (Å²) in [6.07, 6.45) is 3.52. The van der Waals surface area contributed by atoms with Crippen molar-refractivity contribution >= 4 is 22.6 Å². The first-order chi connectivity index (χ1) is 11.5. The van der Waals surface area contributed by atoms with Crippen molar-refractivity contribution in [2.24, 2.45) is 22.6 Å². The van der Waals surface area contributed by atoms with Crippen LogP contribution in [0, 0.1) is 25.7 Å². The summed E-state index contributed by atoms with van der Waals surface area (Å²) < 4.78 is 0.909. The summed E-state index contributed by atoms with van der Waals surface area (Å²) in [5.41, 5.74) is 2.44. The van der Waals surface area contributed by atoms with Gasteiger partial charge in [-0.15, -0.1) is 4.91 Å². The average molecular weight is 443 g/mol. The van der Waals surface area contributed by atoms with Gasteiger partial charge in [0.15, 0.2) is 11.1 Å². The fourth-order valence-electron chi connectivity index (χ4n) is 5.67. The van der Waals surface area contributed by atoms with E-state index in [2.05, 4.69) is 40.9 Å². The number of fused-ring (bicyclic) bond motifs is 5. The molecule has 0 saturated heterocycles. The number of hydrogen-bond donors (Lipinski definition) is 2. The number of rotatable bonds is 2. The highest BCUT2D eigenvalue weighted by Gasteiger charge is 2.57. The molecule has 0 amide bonds. The van der Waals surface area contributed by atoms with Gasteiger partial charge in [-0.25, -0.2) is 0 Å². The van der Waals surface area contributed by atoms with E-state index in [9.17, 15) is 15.1 Å². The molecule has 3 aliphatic carbocycles. The summed E-state index contributed by atoms with van der Waals surface area (Å²) in [7, 11) is 0. The molecule has 4 rings (SSSR count). The molecule has 0 radical (unpaired) electrons. The van der Waals surface area contributed by atoms with Crippen LogP contribution in [-0.4, -0.2) is 22.4 Å². The third-order valence-corrected chi connectivity index (χ3v) is 7.73. The molecule has 0 heterocycles. The van der Waals surface area contributed by atoms with E-state index in [1.807, 2.05) is 6.07 Å². The minimum Gasteiger partial charge on any atom is -0.390 e. The molecule has 2 fully saturated rings. The third-order valence-electron chi connectivity index (χ3n) is 6.89. The molecule has 1 aromatic carbocycles. The minimum atomic E-state index is -0.598. The van der Waals surface area contributed by atoms with Crippen LogP contribution in [0.25, 0.3) is 0 Å². The topological polar surface area (TPSA) is 79.1 Å².